The number of benzene rings is 2. The number of carbonyl (C=O) groups is 2. The van der Waals surface area contributed by atoms with Crippen molar-refractivity contribution in [2.45, 2.75) is 13.1 Å². The van der Waals surface area contributed by atoms with Gasteiger partial charge in [0.2, 0.25) is 0 Å². The summed E-state index contributed by atoms with van der Waals surface area (Å²) in [5.41, 5.74) is 0.812. The number of rotatable bonds is 4. The van der Waals surface area contributed by atoms with Gasteiger partial charge in [-0.25, -0.2) is 0 Å². The standard InChI is InChI=1S/C22H14ClF3N4O2.Ru/c1-11(31)18-17(20(27)32)21-28-10-15(14-4-2-3-5-16(14)23)19(30(21)29-18)12-6-8-13(9-7-12)22(24,25)26;/h2-10H,1H3,(H2,27,32);/q;+1/p-1. The van der Waals surface area contributed by atoms with E-state index in [4.69, 9.17) is 11.6 Å². The maximum atomic E-state index is 13.1. The number of aromatic nitrogens is 3. The Morgan fingerprint density at radius 2 is 1.73 bits per heavy atom. The number of hydrogen-bond acceptors (Lipinski definition) is 4. The van der Waals surface area contributed by atoms with Crippen LogP contribution in [-0.4, -0.2) is 26.3 Å². The summed E-state index contributed by atoms with van der Waals surface area (Å²) in [4.78, 5) is 29.1. The van der Waals surface area contributed by atoms with Gasteiger partial charge in [0.1, 0.15) is 0 Å². The predicted molar refractivity (Wildman–Crippen MR) is 111 cm³/mol. The van der Waals surface area contributed by atoms with Gasteiger partial charge in [-0.15, -0.1) is 0 Å². The first-order valence-corrected chi connectivity index (χ1v) is 10.6. The molecule has 2 aromatic heterocycles. The van der Waals surface area contributed by atoms with Crippen LogP contribution in [0.3, 0.4) is 0 Å². The quantitative estimate of drug-likeness (QED) is 0.278. The third-order valence-corrected chi connectivity index (χ3v) is 5.66. The number of ketones is 1. The van der Waals surface area contributed by atoms with Crippen molar-refractivity contribution in [2.75, 3.05) is 0 Å². The molecule has 0 radical (unpaired) electrons. The third-order valence-electron chi connectivity index (χ3n) is 4.93. The van der Waals surface area contributed by atoms with Gasteiger partial charge >= 0.3 is 201 Å². The summed E-state index contributed by atoms with van der Waals surface area (Å²) in [5.74, 6) is -1.06. The molecule has 2 heterocycles. The SMILES string of the molecule is CC(=O)c1nn2c(-c3ccc(C(F)(F)F)cc3)c(-c3ccccc3Cl)cnc2c1C(=O)[NH][Ru]. The zero-order valence-electron chi connectivity index (χ0n) is 16.7. The molecule has 0 bridgehead atoms. The number of hydrogen-bond donors (Lipinski definition) is 1. The molecule has 4 rings (SSSR count). The van der Waals surface area contributed by atoms with E-state index in [1.807, 2.05) is 18.5 Å². The summed E-state index contributed by atoms with van der Waals surface area (Å²) in [5, 5.41) is 4.70. The van der Waals surface area contributed by atoms with E-state index in [-0.39, 0.29) is 16.9 Å². The predicted octanol–water partition coefficient (Wildman–Crippen LogP) is 5.13. The number of Topliss-reactive ketones (excluding diaryl/α,β-unsaturated/α-hetero) is 1. The van der Waals surface area contributed by atoms with Crippen molar-refractivity contribution in [1.29, 1.82) is 0 Å². The normalized spacial score (nSPS) is 11.6. The molecule has 169 valence electrons. The monoisotopic (exact) mass is 559 g/mol. The zero-order chi connectivity index (χ0) is 23.9. The molecule has 0 aliphatic rings. The summed E-state index contributed by atoms with van der Waals surface area (Å²) in [6.07, 6.45) is -3.05. The topological polar surface area (TPSA) is 76.4 Å². The Balaban J connectivity index is 2.10. The van der Waals surface area contributed by atoms with Crippen LogP contribution in [-0.2, 0) is 24.7 Å². The Morgan fingerprint density at radius 3 is 2.30 bits per heavy atom. The van der Waals surface area contributed by atoms with Gasteiger partial charge in [-0.2, -0.15) is 0 Å². The Bertz CT molecular complexity index is 1400. The van der Waals surface area contributed by atoms with Gasteiger partial charge in [0.15, 0.2) is 0 Å². The molecule has 0 spiro atoms. The summed E-state index contributed by atoms with van der Waals surface area (Å²) in [7, 11) is 0. The van der Waals surface area contributed by atoms with E-state index < -0.39 is 23.4 Å². The third kappa shape index (κ3) is 4.16. The van der Waals surface area contributed by atoms with E-state index in [9.17, 15) is 22.8 Å². The second-order valence-corrected chi connectivity index (χ2v) is 7.85. The Kier molecular flexibility index (Phi) is 6.07. The van der Waals surface area contributed by atoms with Crippen LogP contribution >= 0.6 is 11.6 Å². The summed E-state index contributed by atoms with van der Waals surface area (Å²) in [6, 6.07) is 11.4. The van der Waals surface area contributed by atoms with Crippen LogP contribution < -0.4 is 4.06 Å². The fraction of sp³-hybridized carbons (Fsp3) is 0.0909. The van der Waals surface area contributed by atoms with E-state index in [1.165, 1.54) is 29.8 Å². The number of carbonyl (C=O) groups excluding carboxylic acids is 2. The molecular weight excluding hydrogens is 546 g/mol. The molecule has 11 heteroatoms. The average Bonchev–Trinajstić information content (AvgIpc) is 3.18. The van der Waals surface area contributed by atoms with Gasteiger partial charge in [0.25, 0.3) is 0 Å². The van der Waals surface area contributed by atoms with Crippen LogP contribution in [0.15, 0.2) is 54.7 Å². The second kappa shape index (κ2) is 8.68. The summed E-state index contributed by atoms with van der Waals surface area (Å²) >= 11 is 8.34. The van der Waals surface area contributed by atoms with Crippen LogP contribution in [0.5, 0.6) is 0 Å². The van der Waals surface area contributed by atoms with Crippen molar-refractivity contribution >= 4 is 28.9 Å². The van der Waals surface area contributed by atoms with Crippen LogP contribution in [0.25, 0.3) is 28.0 Å². The minimum absolute atomic E-state index is 0.0417. The zero-order valence-corrected chi connectivity index (χ0v) is 19.2. The fourth-order valence-corrected chi connectivity index (χ4v) is 3.91. The van der Waals surface area contributed by atoms with Crippen molar-refractivity contribution < 1.29 is 41.3 Å². The van der Waals surface area contributed by atoms with Crippen LogP contribution in [0.4, 0.5) is 13.2 Å². The summed E-state index contributed by atoms with van der Waals surface area (Å²) in [6.45, 7) is 1.26. The van der Waals surface area contributed by atoms with Crippen LogP contribution in [0.1, 0.15) is 33.3 Å². The number of alkyl halides is 3. The first kappa shape index (κ1) is 23.1. The van der Waals surface area contributed by atoms with Crippen molar-refractivity contribution in [3.8, 4) is 22.4 Å². The average molecular weight is 559 g/mol. The van der Waals surface area contributed by atoms with E-state index in [0.29, 0.717) is 27.4 Å². The number of nitrogens with one attached hydrogen (secondary N) is 1. The second-order valence-electron chi connectivity index (χ2n) is 7.01. The number of halogens is 4. The van der Waals surface area contributed by atoms with E-state index >= 15 is 0 Å². The summed E-state index contributed by atoms with van der Waals surface area (Å²) < 4.78 is 43.0. The fourth-order valence-electron chi connectivity index (χ4n) is 3.46. The molecule has 0 unspecified atom stereocenters. The van der Waals surface area contributed by atoms with Crippen molar-refractivity contribution in [2.24, 2.45) is 0 Å². The Morgan fingerprint density at radius 1 is 1.06 bits per heavy atom. The molecule has 2 aromatic carbocycles. The van der Waals surface area contributed by atoms with Crippen molar-refractivity contribution in [3.63, 3.8) is 0 Å². The molecule has 0 atom stereocenters. The first-order chi connectivity index (χ1) is 15.6. The maximum absolute atomic E-state index is 13.1. The number of amides is 1. The molecule has 33 heavy (non-hydrogen) atoms. The molecule has 1 amide bonds. The van der Waals surface area contributed by atoms with Crippen molar-refractivity contribution in [1.82, 2.24) is 18.7 Å². The van der Waals surface area contributed by atoms with Gasteiger partial charge < -0.3 is 0 Å². The number of fused-ring (bicyclic) bond motifs is 1. The van der Waals surface area contributed by atoms with E-state index in [0.717, 1.165) is 12.1 Å². The molecule has 6 nitrogen and oxygen atoms in total. The molecule has 0 aliphatic carbocycles. The molecule has 0 fully saturated rings. The molecule has 0 saturated heterocycles. The van der Waals surface area contributed by atoms with E-state index in [1.54, 1.807) is 24.3 Å². The molecule has 1 N–H and O–H groups in total. The minimum atomic E-state index is -4.50. The Labute approximate surface area is 200 Å². The van der Waals surface area contributed by atoms with Gasteiger partial charge in [-0.05, 0) is 0 Å². The van der Waals surface area contributed by atoms with Gasteiger partial charge in [-0.3, -0.25) is 0 Å². The molecule has 0 saturated carbocycles. The Hall–Kier alpha value is -3.10. The molecule has 4 aromatic rings. The van der Waals surface area contributed by atoms with Gasteiger partial charge in [-0.1, -0.05) is 0 Å². The number of nitrogens with zero attached hydrogens (tertiary/aromatic N) is 3. The van der Waals surface area contributed by atoms with Crippen molar-refractivity contribution in [3.05, 3.63) is 76.6 Å². The van der Waals surface area contributed by atoms with Crippen LogP contribution in [0.2, 0.25) is 5.02 Å². The molecule has 0 aliphatic heterocycles. The first-order valence-electron chi connectivity index (χ1n) is 9.38. The van der Waals surface area contributed by atoms with Crippen LogP contribution in [0, 0.1) is 0 Å². The van der Waals surface area contributed by atoms with E-state index in [2.05, 4.69) is 14.1 Å². The molecular formula is C22H13ClF3N4O2Ru. The van der Waals surface area contributed by atoms with Gasteiger partial charge in [0, 0.05) is 0 Å². The van der Waals surface area contributed by atoms with Gasteiger partial charge in [0.05, 0.1) is 0 Å².